The van der Waals surface area contributed by atoms with Crippen molar-refractivity contribution < 1.29 is 22.4 Å². The Morgan fingerprint density at radius 2 is 1.50 bits per heavy atom. The van der Waals surface area contributed by atoms with Crippen LogP contribution < -0.4 is 0 Å². The summed E-state index contributed by atoms with van der Waals surface area (Å²) in [4.78, 5) is 0. The van der Waals surface area contributed by atoms with Crippen LogP contribution in [-0.4, -0.2) is 0 Å². The third-order valence-corrected chi connectivity index (χ3v) is 0.556. The van der Waals surface area contributed by atoms with Crippen LogP contribution in [0.3, 0.4) is 0 Å². The van der Waals surface area contributed by atoms with Crippen LogP contribution in [0.15, 0.2) is 30.3 Å². The zero-order valence-electron chi connectivity index (χ0n) is 3.19. The van der Waals surface area contributed by atoms with Gasteiger partial charge in [0.1, 0.15) is 0 Å². The third-order valence-electron chi connectivity index (χ3n) is 0.556. The molecule has 0 saturated carbocycles. The molecular weight excluding hydrogens is 257 g/mol. The van der Waals surface area contributed by atoms with Crippen molar-refractivity contribution in [3.8, 4) is 0 Å². The second kappa shape index (κ2) is 3.29. The van der Waals surface area contributed by atoms with Gasteiger partial charge in [-0.3, -0.25) is 0 Å². The molecule has 0 heterocycles. The molecule has 36 valence electrons. The van der Waals surface area contributed by atoms with E-state index in [9.17, 15) is 0 Å². The van der Waals surface area contributed by atoms with Gasteiger partial charge < -0.3 is 0 Å². The quantitative estimate of drug-likeness (QED) is 0.490. The molecule has 0 aliphatic rings. The number of rotatable bonds is 0. The van der Waals surface area contributed by atoms with E-state index in [1.165, 1.54) is 0 Å². The van der Waals surface area contributed by atoms with E-state index in [1.54, 1.807) is 0 Å². The monoisotopic (exact) mass is 262 g/mol. The first-order chi connectivity index (χ1) is 2.50. The maximum Gasteiger partial charge on any atom is 1.00 e. The standard InChI is InChI=1S/C5H5.Au/c1-2-4-5-3-1;/h1-5H;/q-1;+1. The summed E-state index contributed by atoms with van der Waals surface area (Å²) in [7, 11) is 0. The fraction of sp³-hybridized carbons (Fsp3) is 0. The maximum absolute atomic E-state index is 2.00. The van der Waals surface area contributed by atoms with Crippen LogP contribution in [0.2, 0.25) is 0 Å². The van der Waals surface area contributed by atoms with Gasteiger partial charge >= 0.3 is 22.4 Å². The van der Waals surface area contributed by atoms with Crippen molar-refractivity contribution in [1.82, 2.24) is 0 Å². The van der Waals surface area contributed by atoms with Crippen molar-refractivity contribution in [2.75, 3.05) is 0 Å². The van der Waals surface area contributed by atoms with E-state index < -0.39 is 0 Å². The summed E-state index contributed by atoms with van der Waals surface area (Å²) in [6.07, 6.45) is 0. The maximum atomic E-state index is 2.00. The van der Waals surface area contributed by atoms with E-state index in [1.807, 2.05) is 30.3 Å². The SMILES string of the molecule is [Au+].c1cc[cH-]c1. The Hall–Kier alpha value is 0.0903. The van der Waals surface area contributed by atoms with Crippen molar-refractivity contribution in [2.24, 2.45) is 0 Å². The van der Waals surface area contributed by atoms with Crippen molar-refractivity contribution in [2.45, 2.75) is 0 Å². The second-order valence-electron chi connectivity index (χ2n) is 0.962. The van der Waals surface area contributed by atoms with Gasteiger partial charge in [0.2, 0.25) is 0 Å². The average molecular weight is 262 g/mol. The molecular formula is C5H5Au. The minimum atomic E-state index is 0. The Morgan fingerprint density at radius 3 is 1.67 bits per heavy atom. The molecule has 0 saturated heterocycles. The fourth-order valence-electron chi connectivity index (χ4n) is 0.321. The molecule has 0 aliphatic carbocycles. The van der Waals surface area contributed by atoms with Gasteiger partial charge in [-0.2, -0.15) is 18.2 Å². The zero-order chi connectivity index (χ0) is 3.54. The molecule has 0 amide bonds. The van der Waals surface area contributed by atoms with Gasteiger partial charge in [-0.25, -0.2) is 12.1 Å². The predicted octanol–water partition coefficient (Wildman–Crippen LogP) is 1.40. The summed E-state index contributed by atoms with van der Waals surface area (Å²) in [6, 6.07) is 10.0. The van der Waals surface area contributed by atoms with E-state index >= 15 is 0 Å². The molecule has 0 aromatic heterocycles. The summed E-state index contributed by atoms with van der Waals surface area (Å²) in [6.45, 7) is 0. The van der Waals surface area contributed by atoms with Crippen molar-refractivity contribution in [3.05, 3.63) is 30.3 Å². The van der Waals surface area contributed by atoms with Crippen molar-refractivity contribution in [1.29, 1.82) is 0 Å². The van der Waals surface area contributed by atoms with Gasteiger partial charge in [-0.15, -0.1) is 0 Å². The first kappa shape index (κ1) is 6.09. The molecule has 1 aromatic carbocycles. The topological polar surface area (TPSA) is 0 Å². The zero-order valence-corrected chi connectivity index (χ0v) is 5.35. The Morgan fingerprint density at radius 1 is 1.00 bits per heavy atom. The Labute approximate surface area is 53.1 Å². The van der Waals surface area contributed by atoms with Crippen LogP contribution in [0.1, 0.15) is 0 Å². The Kier molecular flexibility index (Phi) is 3.34. The van der Waals surface area contributed by atoms with Crippen LogP contribution in [0.5, 0.6) is 0 Å². The largest absolute Gasteiger partial charge is 1.00 e. The third kappa shape index (κ3) is 1.51. The molecule has 0 fully saturated rings. The van der Waals surface area contributed by atoms with Crippen LogP contribution >= 0.6 is 0 Å². The molecule has 0 radical (unpaired) electrons. The smallest absolute Gasteiger partial charge is 0.214 e. The van der Waals surface area contributed by atoms with Crippen molar-refractivity contribution >= 4 is 0 Å². The summed E-state index contributed by atoms with van der Waals surface area (Å²) >= 11 is 0. The van der Waals surface area contributed by atoms with E-state index in [2.05, 4.69) is 0 Å². The summed E-state index contributed by atoms with van der Waals surface area (Å²) in [5.41, 5.74) is 0. The van der Waals surface area contributed by atoms with Gasteiger partial charge in [0.25, 0.3) is 0 Å². The van der Waals surface area contributed by atoms with E-state index in [-0.39, 0.29) is 22.4 Å². The van der Waals surface area contributed by atoms with E-state index in [0.717, 1.165) is 0 Å². The molecule has 0 aliphatic heterocycles. The van der Waals surface area contributed by atoms with Gasteiger partial charge in [-0.1, -0.05) is 0 Å². The Bertz CT molecular complexity index is 60.4. The van der Waals surface area contributed by atoms with Crippen LogP contribution in [0, 0.1) is 0 Å². The molecule has 0 spiro atoms. The minimum absolute atomic E-state index is 0. The predicted molar refractivity (Wildman–Crippen MR) is 22.0 cm³/mol. The summed E-state index contributed by atoms with van der Waals surface area (Å²) in [5, 5.41) is 0. The first-order valence-electron chi connectivity index (χ1n) is 1.67. The molecule has 0 N–H and O–H groups in total. The van der Waals surface area contributed by atoms with Gasteiger partial charge in [0.15, 0.2) is 0 Å². The number of hydrogen-bond donors (Lipinski definition) is 0. The Balaban J connectivity index is 0.000000250. The van der Waals surface area contributed by atoms with Crippen molar-refractivity contribution in [3.63, 3.8) is 0 Å². The number of hydrogen-bond acceptors (Lipinski definition) is 0. The fourth-order valence-corrected chi connectivity index (χ4v) is 0.321. The molecule has 1 heteroatoms. The molecule has 0 unspecified atom stereocenters. The van der Waals surface area contributed by atoms with Gasteiger partial charge in [0, 0.05) is 0 Å². The summed E-state index contributed by atoms with van der Waals surface area (Å²) in [5.74, 6) is 0. The average Bonchev–Trinajstić information content (AvgIpc) is 1.76. The summed E-state index contributed by atoms with van der Waals surface area (Å²) < 4.78 is 0. The molecule has 0 nitrogen and oxygen atoms in total. The molecule has 0 atom stereocenters. The van der Waals surface area contributed by atoms with Crippen LogP contribution in [0.4, 0.5) is 0 Å². The van der Waals surface area contributed by atoms with Gasteiger partial charge in [0.05, 0.1) is 0 Å². The van der Waals surface area contributed by atoms with E-state index in [0.29, 0.717) is 0 Å². The van der Waals surface area contributed by atoms with Crippen LogP contribution in [-0.2, 0) is 22.4 Å². The molecule has 1 aromatic rings. The molecule has 1 rings (SSSR count). The second-order valence-corrected chi connectivity index (χ2v) is 0.962. The first-order valence-corrected chi connectivity index (χ1v) is 1.67. The van der Waals surface area contributed by atoms with Gasteiger partial charge in [-0.05, 0) is 0 Å². The molecule has 0 bridgehead atoms. The molecule has 6 heavy (non-hydrogen) atoms. The normalized spacial score (nSPS) is 6.67. The van der Waals surface area contributed by atoms with E-state index in [4.69, 9.17) is 0 Å². The van der Waals surface area contributed by atoms with Crippen LogP contribution in [0.25, 0.3) is 0 Å². The minimum Gasteiger partial charge on any atom is -0.214 e.